The molecule has 1 saturated heterocycles. The van der Waals surface area contributed by atoms with Crippen LogP contribution in [-0.2, 0) is 11.3 Å². The van der Waals surface area contributed by atoms with Crippen molar-refractivity contribution in [2.45, 2.75) is 25.5 Å². The van der Waals surface area contributed by atoms with Crippen LogP contribution < -0.4 is 0 Å². The molecule has 1 aliphatic rings. The van der Waals surface area contributed by atoms with Crippen LogP contribution in [0.15, 0.2) is 24.3 Å². The first kappa shape index (κ1) is 15.3. The van der Waals surface area contributed by atoms with Crippen molar-refractivity contribution in [3.05, 3.63) is 34.9 Å². The molecule has 0 spiro atoms. The number of nitrogens with zero attached hydrogens (tertiary/aromatic N) is 2. The van der Waals surface area contributed by atoms with Gasteiger partial charge >= 0.3 is 0 Å². The largest absolute Gasteiger partial charge is 0.393 e. The van der Waals surface area contributed by atoms with Crippen LogP contribution in [0.5, 0.6) is 0 Å². The van der Waals surface area contributed by atoms with Crippen LogP contribution in [0.1, 0.15) is 18.4 Å². The van der Waals surface area contributed by atoms with Crippen molar-refractivity contribution in [1.82, 2.24) is 9.80 Å². The lowest BCUT2D eigenvalue weighted by Crippen LogP contribution is -2.44. The van der Waals surface area contributed by atoms with Gasteiger partial charge in [0.25, 0.3) is 0 Å². The summed E-state index contributed by atoms with van der Waals surface area (Å²) in [7, 11) is 1.92. The molecule has 20 heavy (non-hydrogen) atoms. The van der Waals surface area contributed by atoms with E-state index >= 15 is 0 Å². The van der Waals surface area contributed by atoms with Gasteiger partial charge in [-0.2, -0.15) is 0 Å². The van der Waals surface area contributed by atoms with Gasteiger partial charge in [-0.05, 0) is 31.5 Å². The Morgan fingerprint density at radius 2 is 2.05 bits per heavy atom. The predicted molar refractivity (Wildman–Crippen MR) is 79.6 cm³/mol. The number of likely N-dealkylation sites (N-methyl/N-ethyl adjacent to an activating group) is 1. The van der Waals surface area contributed by atoms with Crippen LogP contribution in [0.25, 0.3) is 0 Å². The van der Waals surface area contributed by atoms with Crippen LogP contribution in [0, 0.1) is 0 Å². The second kappa shape index (κ2) is 7.07. The van der Waals surface area contributed by atoms with Crippen LogP contribution in [-0.4, -0.2) is 53.6 Å². The fraction of sp³-hybridized carbons (Fsp3) is 0.533. The van der Waals surface area contributed by atoms with E-state index in [1.807, 2.05) is 41.1 Å². The lowest BCUT2D eigenvalue weighted by atomic mass is 10.1. The summed E-state index contributed by atoms with van der Waals surface area (Å²) in [6.45, 7) is 2.34. The fourth-order valence-electron chi connectivity index (χ4n) is 2.42. The van der Waals surface area contributed by atoms with Crippen LogP contribution in [0.2, 0.25) is 5.02 Å². The van der Waals surface area contributed by atoms with Crippen molar-refractivity contribution in [3.63, 3.8) is 0 Å². The molecule has 1 heterocycles. The van der Waals surface area contributed by atoms with Gasteiger partial charge in [-0.3, -0.25) is 9.69 Å². The maximum atomic E-state index is 12.2. The fourth-order valence-corrected chi connectivity index (χ4v) is 2.61. The highest BCUT2D eigenvalue weighted by molar-refractivity contribution is 6.31. The third kappa shape index (κ3) is 4.20. The summed E-state index contributed by atoms with van der Waals surface area (Å²) in [5.41, 5.74) is 1.03. The molecular formula is C15H21ClN2O2. The molecule has 4 nitrogen and oxygen atoms in total. The molecule has 0 bridgehead atoms. The number of hydrogen-bond acceptors (Lipinski definition) is 3. The Kier molecular flexibility index (Phi) is 5.40. The van der Waals surface area contributed by atoms with Gasteiger partial charge in [-0.15, -0.1) is 0 Å². The Hall–Kier alpha value is -1.10. The van der Waals surface area contributed by atoms with E-state index in [-0.39, 0.29) is 12.0 Å². The number of benzene rings is 1. The number of aliphatic hydroxyl groups excluding tert-OH is 1. The number of aliphatic hydroxyl groups is 1. The Balaban J connectivity index is 1.83. The quantitative estimate of drug-likeness (QED) is 0.921. The van der Waals surface area contributed by atoms with E-state index < -0.39 is 0 Å². The normalized spacial score (nSPS) is 16.7. The zero-order valence-corrected chi connectivity index (χ0v) is 12.5. The summed E-state index contributed by atoms with van der Waals surface area (Å²) < 4.78 is 0. The Labute approximate surface area is 124 Å². The monoisotopic (exact) mass is 296 g/mol. The van der Waals surface area contributed by atoms with Gasteiger partial charge in [-0.25, -0.2) is 0 Å². The highest BCUT2D eigenvalue weighted by Gasteiger charge is 2.22. The molecule has 0 atom stereocenters. The minimum Gasteiger partial charge on any atom is -0.393 e. The molecule has 1 aromatic carbocycles. The molecule has 0 radical (unpaired) electrons. The Morgan fingerprint density at radius 3 is 2.70 bits per heavy atom. The predicted octanol–water partition coefficient (Wildman–Crippen LogP) is 1.76. The third-order valence-corrected chi connectivity index (χ3v) is 3.99. The van der Waals surface area contributed by atoms with Crippen molar-refractivity contribution < 1.29 is 9.90 Å². The number of rotatable bonds is 4. The minimum atomic E-state index is -0.250. The van der Waals surface area contributed by atoms with Gasteiger partial charge < -0.3 is 10.0 Å². The average molecular weight is 297 g/mol. The summed E-state index contributed by atoms with van der Waals surface area (Å²) in [5, 5.41) is 10.2. The summed E-state index contributed by atoms with van der Waals surface area (Å²) >= 11 is 6.12. The second-order valence-corrected chi connectivity index (χ2v) is 5.78. The number of hydrogen-bond donors (Lipinski definition) is 1. The van der Waals surface area contributed by atoms with E-state index in [0.717, 1.165) is 10.6 Å². The first-order chi connectivity index (χ1) is 9.56. The maximum Gasteiger partial charge on any atom is 0.236 e. The van der Waals surface area contributed by atoms with Gasteiger partial charge in [-0.1, -0.05) is 29.8 Å². The van der Waals surface area contributed by atoms with Crippen molar-refractivity contribution in [1.29, 1.82) is 0 Å². The van der Waals surface area contributed by atoms with Gasteiger partial charge in [0.1, 0.15) is 0 Å². The average Bonchev–Trinajstić information content (AvgIpc) is 2.42. The number of halogens is 1. The van der Waals surface area contributed by atoms with E-state index in [9.17, 15) is 9.90 Å². The maximum absolute atomic E-state index is 12.2. The van der Waals surface area contributed by atoms with Crippen molar-refractivity contribution in [2.24, 2.45) is 0 Å². The van der Waals surface area contributed by atoms with E-state index in [2.05, 4.69) is 0 Å². The first-order valence-corrected chi connectivity index (χ1v) is 7.32. The summed E-state index contributed by atoms with van der Waals surface area (Å²) in [6, 6.07) is 7.68. The molecule has 0 aromatic heterocycles. The highest BCUT2D eigenvalue weighted by Crippen LogP contribution is 2.16. The molecule has 5 heteroatoms. The molecule has 1 N–H and O–H groups in total. The van der Waals surface area contributed by atoms with E-state index in [4.69, 9.17) is 11.6 Å². The number of carbonyl (C=O) groups is 1. The molecule has 2 rings (SSSR count). The Bertz CT molecular complexity index is 459. The number of piperidine rings is 1. The smallest absolute Gasteiger partial charge is 0.236 e. The third-order valence-electron chi connectivity index (χ3n) is 3.62. The molecule has 1 fully saturated rings. The molecule has 110 valence electrons. The zero-order valence-electron chi connectivity index (χ0n) is 11.8. The zero-order chi connectivity index (χ0) is 14.5. The van der Waals surface area contributed by atoms with Gasteiger partial charge in [0, 0.05) is 24.7 Å². The van der Waals surface area contributed by atoms with Crippen molar-refractivity contribution >= 4 is 17.5 Å². The van der Waals surface area contributed by atoms with Crippen LogP contribution in [0.4, 0.5) is 0 Å². The van der Waals surface area contributed by atoms with E-state index in [1.165, 1.54) is 0 Å². The molecule has 1 aromatic rings. The lowest BCUT2D eigenvalue weighted by molar-refractivity contribution is -0.134. The number of likely N-dealkylation sites (tertiary alicyclic amines) is 1. The topological polar surface area (TPSA) is 43.8 Å². The van der Waals surface area contributed by atoms with Crippen molar-refractivity contribution in [3.8, 4) is 0 Å². The molecule has 1 aliphatic heterocycles. The standard InChI is InChI=1S/C15H21ClN2O2/c1-17(10-12-4-2-3-5-14(12)16)11-15(20)18-8-6-13(19)7-9-18/h2-5,13,19H,6-11H2,1H3. The van der Waals surface area contributed by atoms with Gasteiger partial charge in [0.15, 0.2) is 0 Å². The van der Waals surface area contributed by atoms with E-state index in [0.29, 0.717) is 39.0 Å². The van der Waals surface area contributed by atoms with Gasteiger partial charge in [0.05, 0.1) is 12.6 Å². The molecule has 0 saturated carbocycles. The lowest BCUT2D eigenvalue weighted by Gasteiger charge is -2.31. The number of amides is 1. The molecule has 0 unspecified atom stereocenters. The number of carbonyl (C=O) groups excluding carboxylic acids is 1. The first-order valence-electron chi connectivity index (χ1n) is 6.94. The highest BCUT2D eigenvalue weighted by atomic mass is 35.5. The summed E-state index contributed by atoms with van der Waals surface area (Å²) in [4.78, 5) is 16.0. The molecule has 1 amide bonds. The molecule has 0 aliphatic carbocycles. The van der Waals surface area contributed by atoms with Crippen molar-refractivity contribution in [2.75, 3.05) is 26.7 Å². The van der Waals surface area contributed by atoms with Crippen LogP contribution >= 0.6 is 11.6 Å². The van der Waals surface area contributed by atoms with Crippen LogP contribution in [0.3, 0.4) is 0 Å². The minimum absolute atomic E-state index is 0.117. The Morgan fingerprint density at radius 1 is 1.40 bits per heavy atom. The second-order valence-electron chi connectivity index (χ2n) is 5.38. The van der Waals surface area contributed by atoms with E-state index in [1.54, 1.807) is 0 Å². The van der Waals surface area contributed by atoms with Gasteiger partial charge in [0.2, 0.25) is 5.91 Å². The summed E-state index contributed by atoms with van der Waals surface area (Å²) in [6.07, 6.45) is 1.11. The SMILES string of the molecule is CN(CC(=O)N1CCC(O)CC1)Cc1ccccc1Cl. The molecular weight excluding hydrogens is 276 g/mol. The summed E-state index contributed by atoms with van der Waals surface area (Å²) in [5.74, 6) is 0.117.